The number of hydrogen-bond acceptors (Lipinski definition) is 1. The fourth-order valence-corrected chi connectivity index (χ4v) is 2.49. The van der Waals surface area contributed by atoms with Gasteiger partial charge in [-0.25, -0.2) is 0 Å². The van der Waals surface area contributed by atoms with Crippen LogP contribution in [0.3, 0.4) is 0 Å². The SMILES string of the molecule is O[C@@H](Cc1ccccc1)c1cccc2ccccc12. The Hall–Kier alpha value is -2.12. The van der Waals surface area contributed by atoms with Gasteiger partial charge in [0.15, 0.2) is 0 Å². The zero-order valence-electron chi connectivity index (χ0n) is 10.7. The lowest BCUT2D eigenvalue weighted by atomic mass is 9.96. The van der Waals surface area contributed by atoms with E-state index < -0.39 is 6.10 Å². The minimum atomic E-state index is -0.464. The Morgan fingerprint density at radius 1 is 0.737 bits per heavy atom. The molecule has 0 aliphatic heterocycles. The molecule has 0 spiro atoms. The van der Waals surface area contributed by atoms with E-state index in [1.807, 2.05) is 54.6 Å². The monoisotopic (exact) mass is 248 g/mol. The van der Waals surface area contributed by atoms with E-state index in [9.17, 15) is 5.11 Å². The molecule has 3 aromatic rings. The molecular weight excluding hydrogens is 232 g/mol. The van der Waals surface area contributed by atoms with Crippen molar-refractivity contribution in [3.63, 3.8) is 0 Å². The Labute approximate surface area is 113 Å². The number of aliphatic hydroxyl groups excluding tert-OH is 1. The first-order valence-electron chi connectivity index (χ1n) is 6.54. The maximum atomic E-state index is 10.5. The van der Waals surface area contributed by atoms with Crippen LogP contribution in [0.2, 0.25) is 0 Å². The average molecular weight is 248 g/mol. The smallest absolute Gasteiger partial charge is 0.0836 e. The van der Waals surface area contributed by atoms with E-state index in [1.165, 1.54) is 5.39 Å². The van der Waals surface area contributed by atoms with Crippen molar-refractivity contribution in [2.45, 2.75) is 12.5 Å². The standard InChI is InChI=1S/C18H16O/c19-18(13-14-7-2-1-3-8-14)17-12-6-10-15-9-4-5-11-16(15)17/h1-12,18-19H,13H2/t18-/m0/s1. The summed E-state index contributed by atoms with van der Waals surface area (Å²) in [6, 6.07) is 24.4. The maximum Gasteiger partial charge on any atom is 0.0836 e. The van der Waals surface area contributed by atoms with Gasteiger partial charge in [-0.3, -0.25) is 0 Å². The molecule has 3 rings (SSSR count). The molecule has 1 heteroatoms. The van der Waals surface area contributed by atoms with Crippen LogP contribution in [-0.4, -0.2) is 5.11 Å². The Morgan fingerprint density at radius 3 is 2.26 bits per heavy atom. The van der Waals surface area contributed by atoms with Crippen molar-refractivity contribution < 1.29 is 5.11 Å². The molecule has 0 heterocycles. The van der Waals surface area contributed by atoms with Gasteiger partial charge in [0.05, 0.1) is 6.10 Å². The molecule has 1 nitrogen and oxygen atoms in total. The Bertz CT molecular complexity index is 668. The lowest BCUT2D eigenvalue weighted by Crippen LogP contribution is -2.02. The van der Waals surface area contributed by atoms with Gasteiger partial charge in [0.25, 0.3) is 0 Å². The van der Waals surface area contributed by atoms with Gasteiger partial charge in [-0.1, -0.05) is 72.8 Å². The summed E-state index contributed by atoms with van der Waals surface area (Å²) in [5, 5.41) is 12.8. The summed E-state index contributed by atoms with van der Waals surface area (Å²) in [5.41, 5.74) is 2.16. The zero-order chi connectivity index (χ0) is 13.1. The molecule has 0 bridgehead atoms. The van der Waals surface area contributed by atoms with Crippen molar-refractivity contribution >= 4 is 10.8 Å². The van der Waals surface area contributed by atoms with Crippen molar-refractivity contribution in [3.05, 3.63) is 83.9 Å². The van der Waals surface area contributed by atoms with E-state index in [0.717, 1.165) is 16.5 Å². The van der Waals surface area contributed by atoms with Crippen molar-refractivity contribution in [3.8, 4) is 0 Å². The van der Waals surface area contributed by atoms with E-state index in [4.69, 9.17) is 0 Å². The van der Waals surface area contributed by atoms with Gasteiger partial charge < -0.3 is 5.11 Å². The minimum absolute atomic E-state index is 0.464. The van der Waals surface area contributed by atoms with Crippen LogP contribution in [0.4, 0.5) is 0 Å². The van der Waals surface area contributed by atoms with E-state index in [2.05, 4.69) is 18.2 Å². The number of rotatable bonds is 3. The highest BCUT2D eigenvalue weighted by molar-refractivity contribution is 5.85. The van der Waals surface area contributed by atoms with Gasteiger partial charge in [0.2, 0.25) is 0 Å². The Morgan fingerprint density at radius 2 is 1.42 bits per heavy atom. The van der Waals surface area contributed by atoms with E-state index >= 15 is 0 Å². The van der Waals surface area contributed by atoms with Gasteiger partial charge in [0, 0.05) is 6.42 Å². The number of hydrogen-bond donors (Lipinski definition) is 1. The maximum absolute atomic E-state index is 10.5. The zero-order valence-corrected chi connectivity index (χ0v) is 10.7. The molecule has 1 N–H and O–H groups in total. The van der Waals surface area contributed by atoms with Crippen LogP contribution >= 0.6 is 0 Å². The average Bonchev–Trinajstić information content (AvgIpc) is 2.47. The first kappa shape index (κ1) is 11.9. The van der Waals surface area contributed by atoms with E-state index in [0.29, 0.717) is 6.42 Å². The predicted octanol–water partition coefficient (Wildman–Crippen LogP) is 4.12. The predicted molar refractivity (Wildman–Crippen MR) is 79.1 cm³/mol. The summed E-state index contributed by atoms with van der Waals surface area (Å²) in [6.45, 7) is 0. The minimum Gasteiger partial charge on any atom is -0.388 e. The fourth-order valence-electron chi connectivity index (χ4n) is 2.49. The molecular formula is C18H16O. The van der Waals surface area contributed by atoms with Gasteiger partial charge in [-0.2, -0.15) is 0 Å². The van der Waals surface area contributed by atoms with Crippen molar-refractivity contribution in [2.75, 3.05) is 0 Å². The lowest BCUT2D eigenvalue weighted by molar-refractivity contribution is 0.180. The van der Waals surface area contributed by atoms with Crippen LogP contribution in [0.15, 0.2) is 72.8 Å². The Balaban J connectivity index is 1.96. The molecule has 0 fully saturated rings. The van der Waals surface area contributed by atoms with Gasteiger partial charge in [0.1, 0.15) is 0 Å². The summed E-state index contributed by atoms with van der Waals surface area (Å²) in [7, 11) is 0. The number of fused-ring (bicyclic) bond motifs is 1. The van der Waals surface area contributed by atoms with Crippen LogP contribution in [0.25, 0.3) is 10.8 Å². The third-order valence-electron chi connectivity index (χ3n) is 3.45. The van der Waals surface area contributed by atoms with E-state index in [-0.39, 0.29) is 0 Å². The van der Waals surface area contributed by atoms with Crippen molar-refractivity contribution in [2.24, 2.45) is 0 Å². The Kier molecular flexibility index (Phi) is 3.30. The quantitative estimate of drug-likeness (QED) is 0.739. The second-order valence-corrected chi connectivity index (χ2v) is 4.77. The van der Waals surface area contributed by atoms with Crippen LogP contribution in [0.5, 0.6) is 0 Å². The first-order chi connectivity index (χ1) is 9.34. The highest BCUT2D eigenvalue weighted by Crippen LogP contribution is 2.26. The highest BCUT2D eigenvalue weighted by atomic mass is 16.3. The van der Waals surface area contributed by atoms with Gasteiger partial charge in [-0.15, -0.1) is 0 Å². The first-order valence-corrected chi connectivity index (χ1v) is 6.54. The van der Waals surface area contributed by atoms with Crippen molar-refractivity contribution in [1.29, 1.82) is 0 Å². The van der Waals surface area contributed by atoms with Gasteiger partial charge >= 0.3 is 0 Å². The topological polar surface area (TPSA) is 20.2 Å². The second-order valence-electron chi connectivity index (χ2n) is 4.77. The molecule has 19 heavy (non-hydrogen) atoms. The number of aliphatic hydroxyl groups is 1. The summed E-state index contributed by atoms with van der Waals surface area (Å²) >= 11 is 0. The lowest BCUT2D eigenvalue weighted by Gasteiger charge is -2.14. The normalized spacial score (nSPS) is 12.5. The molecule has 0 saturated heterocycles. The van der Waals surface area contributed by atoms with Gasteiger partial charge in [-0.05, 0) is 21.9 Å². The molecule has 0 aromatic heterocycles. The summed E-state index contributed by atoms with van der Waals surface area (Å²) in [4.78, 5) is 0. The molecule has 94 valence electrons. The number of benzene rings is 3. The van der Waals surface area contributed by atoms with Crippen LogP contribution in [0, 0.1) is 0 Å². The molecule has 0 saturated carbocycles. The molecule has 0 amide bonds. The third-order valence-corrected chi connectivity index (χ3v) is 3.45. The molecule has 0 aliphatic carbocycles. The van der Waals surface area contributed by atoms with E-state index in [1.54, 1.807) is 0 Å². The fraction of sp³-hybridized carbons (Fsp3) is 0.111. The summed E-state index contributed by atoms with van der Waals surface area (Å²) < 4.78 is 0. The van der Waals surface area contributed by atoms with Crippen LogP contribution in [-0.2, 0) is 6.42 Å². The highest BCUT2D eigenvalue weighted by Gasteiger charge is 2.11. The molecule has 3 aromatic carbocycles. The van der Waals surface area contributed by atoms with Crippen LogP contribution in [0.1, 0.15) is 17.2 Å². The molecule has 0 aliphatic rings. The van der Waals surface area contributed by atoms with Crippen molar-refractivity contribution in [1.82, 2.24) is 0 Å². The third kappa shape index (κ3) is 2.51. The largest absolute Gasteiger partial charge is 0.388 e. The summed E-state index contributed by atoms with van der Waals surface area (Å²) in [6.07, 6.45) is 0.183. The summed E-state index contributed by atoms with van der Waals surface area (Å²) in [5.74, 6) is 0. The second kappa shape index (κ2) is 5.25. The van der Waals surface area contributed by atoms with Crippen LogP contribution < -0.4 is 0 Å². The molecule has 1 atom stereocenters. The molecule has 0 unspecified atom stereocenters. The molecule has 0 radical (unpaired) electrons.